The van der Waals surface area contributed by atoms with Crippen molar-refractivity contribution in [3.05, 3.63) is 0 Å². The van der Waals surface area contributed by atoms with E-state index in [4.69, 9.17) is 11.6 Å². The molecule has 0 saturated heterocycles. The standard InChI is InChI=1S/C8H21N5/c1-4-13(5-2)6-7(3)11-8(9)12-10/h7H,4-6,10H2,1-3H3,(H3,9,11,12). The number of hydrogen-bond acceptors (Lipinski definition) is 3. The van der Waals surface area contributed by atoms with E-state index >= 15 is 0 Å². The summed E-state index contributed by atoms with van der Waals surface area (Å²) in [5.41, 5.74) is 7.74. The summed E-state index contributed by atoms with van der Waals surface area (Å²) in [6.07, 6.45) is 0. The van der Waals surface area contributed by atoms with Crippen molar-refractivity contribution >= 4 is 5.96 Å². The second kappa shape index (κ2) is 6.68. The van der Waals surface area contributed by atoms with Crippen LogP contribution in [0.3, 0.4) is 0 Å². The Morgan fingerprint density at radius 3 is 2.38 bits per heavy atom. The molecule has 0 aliphatic carbocycles. The number of nitrogens with two attached hydrogens (primary N) is 2. The van der Waals surface area contributed by atoms with Crippen LogP contribution in [0.1, 0.15) is 20.8 Å². The number of aliphatic imine (C=N–C) groups is 1. The average Bonchev–Trinajstić information content (AvgIpc) is 2.13. The van der Waals surface area contributed by atoms with Gasteiger partial charge in [-0.2, -0.15) is 0 Å². The molecule has 0 spiro atoms. The van der Waals surface area contributed by atoms with Gasteiger partial charge in [0.25, 0.3) is 0 Å². The smallest absolute Gasteiger partial charge is 0.203 e. The SMILES string of the molecule is CCN(CC)CC(C)N=C(N)NN. The number of nitrogens with one attached hydrogen (secondary N) is 1. The van der Waals surface area contributed by atoms with Gasteiger partial charge in [0.15, 0.2) is 0 Å². The molecule has 0 amide bonds. The molecule has 0 aliphatic rings. The predicted molar refractivity (Wildman–Crippen MR) is 56.2 cm³/mol. The van der Waals surface area contributed by atoms with Gasteiger partial charge in [-0.25, -0.2) is 10.8 Å². The molecule has 0 bridgehead atoms. The van der Waals surface area contributed by atoms with Gasteiger partial charge in [0.2, 0.25) is 5.96 Å². The molecule has 1 unspecified atom stereocenters. The molecule has 0 aliphatic heterocycles. The van der Waals surface area contributed by atoms with E-state index in [1.807, 2.05) is 6.92 Å². The third-order valence-electron chi connectivity index (χ3n) is 1.92. The average molecular weight is 187 g/mol. The van der Waals surface area contributed by atoms with Crippen molar-refractivity contribution in [1.29, 1.82) is 0 Å². The maximum atomic E-state index is 5.43. The molecule has 13 heavy (non-hydrogen) atoms. The number of guanidine groups is 1. The molecular weight excluding hydrogens is 166 g/mol. The Kier molecular flexibility index (Phi) is 6.26. The van der Waals surface area contributed by atoms with Crippen LogP contribution in [0.15, 0.2) is 4.99 Å². The summed E-state index contributed by atoms with van der Waals surface area (Å²) in [7, 11) is 0. The molecule has 0 aromatic heterocycles. The normalized spacial score (nSPS) is 14.7. The minimum atomic E-state index is 0.177. The number of likely N-dealkylation sites (N-methyl/N-ethyl adjacent to an activating group) is 1. The van der Waals surface area contributed by atoms with Gasteiger partial charge in [0, 0.05) is 6.54 Å². The van der Waals surface area contributed by atoms with E-state index in [0.717, 1.165) is 19.6 Å². The Morgan fingerprint density at radius 1 is 1.46 bits per heavy atom. The number of nitrogens with zero attached hydrogens (tertiary/aromatic N) is 2. The molecule has 1 atom stereocenters. The fraction of sp³-hybridized carbons (Fsp3) is 0.875. The molecule has 5 heteroatoms. The second-order valence-corrected chi connectivity index (χ2v) is 2.99. The Bertz CT molecular complexity index is 153. The number of hydrogen-bond donors (Lipinski definition) is 3. The third kappa shape index (κ3) is 5.43. The minimum absolute atomic E-state index is 0.177. The lowest BCUT2D eigenvalue weighted by molar-refractivity contribution is 0.289. The van der Waals surface area contributed by atoms with Gasteiger partial charge in [0.1, 0.15) is 0 Å². The largest absolute Gasteiger partial charge is 0.369 e. The van der Waals surface area contributed by atoms with Crippen LogP contribution < -0.4 is 17.0 Å². The van der Waals surface area contributed by atoms with Gasteiger partial charge < -0.3 is 10.6 Å². The molecule has 0 rings (SSSR count). The van der Waals surface area contributed by atoms with Crippen molar-refractivity contribution in [3.8, 4) is 0 Å². The Labute approximate surface area is 80.1 Å². The Hall–Kier alpha value is -0.810. The molecule has 0 heterocycles. The lowest BCUT2D eigenvalue weighted by atomic mass is 10.3. The number of rotatable bonds is 5. The highest BCUT2D eigenvalue weighted by atomic mass is 15.3. The van der Waals surface area contributed by atoms with Crippen molar-refractivity contribution in [2.75, 3.05) is 19.6 Å². The van der Waals surface area contributed by atoms with E-state index in [9.17, 15) is 0 Å². The topological polar surface area (TPSA) is 79.7 Å². The molecule has 5 nitrogen and oxygen atoms in total. The summed E-state index contributed by atoms with van der Waals surface area (Å²) in [4.78, 5) is 6.44. The Morgan fingerprint density at radius 2 is 2.00 bits per heavy atom. The highest BCUT2D eigenvalue weighted by molar-refractivity contribution is 5.77. The summed E-state index contributed by atoms with van der Waals surface area (Å²) in [6.45, 7) is 9.26. The van der Waals surface area contributed by atoms with Crippen LogP contribution in [0.4, 0.5) is 0 Å². The summed E-state index contributed by atoms with van der Waals surface area (Å²) >= 11 is 0. The van der Waals surface area contributed by atoms with E-state index in [0.29, 0.717) is 5.96 Å². The first-order chi connectivity index (χ1) is 6.13. The zero-order valence-corrected chi connectivity index (χ0v) is 8.75. The van der Waals surface area contributed by atoms with Gasteiger partial charge in [0.05, 0.1) is 6.04 Å². The summed E-state index contributed by atoms with van der Waals surface area (Å²) in [5, 5.41) is 0. The van der Waals surface area contributed by atoms with E-state index in [-0.39, 0.29) is 6.04 Å². The van der Waals surface area contributed by atoms with Crippen molar-refractivity contribution < 1.29 is 0 Å². The van der Waals surface area contributed by atoms with Crippen molar-refractivity contribution in [1.82, 2.24) is 10.3 Å². The molecule has 5 N–H and O–H groups in total. The van der Waals surface area contributed by atoms with Gasteiger partial charge in [-0.05, 0) is 20.0 Å². The van der Waals surface area contributed by atoms with Crippen molar-refractivity contribution in [2.24, 2.45) is 16.6 Å². The van der Waals surface area contributed by atoms with Crippen molar-refractivity contribution in [3.63, 3.8) is 0 Å². The van der Waals surface area contributed by atoms with Crippen molar-refractivity contribution in [2.45, 2.75) is 26.8 Å². The minimum Gasteiger partial charge on any atom is -0.369 e. The van der Waals surface area contributed by atoms with Gasteiger partial charge in [-0.3, -0.25) is 5.43 Å². The fourth-order valence-electron chi connectivity index (χ4n) is 1.17. The van der Waals surface area contributed by atoms with Crippen LogP contribution in [0.2, 0.25) is 0 Å². The molecule has 0 aromatic carbocycles. The van der Waals surface area contributed by atoms with Crippen LogP contribution in [-0.2, 0) is 0 Å². The van der Waals surface area contributed by atoms with Crippen LogP contribution in [-0.4, -0.2) is 36.5 Å². The molecule has 0 saturated carbocycles. The maximum absolute atomic E-state index is 5.43. The first-order valence-electron chi connectivity index (χ1n) is 4.66. The first kappa shape index (κ1) is 12.2. The second-order valence-electron chi connectivity index (χ2n) is 2.99. The molecule has 0 aromatic rings. The predicted octanol–water partition coefficient (Wildman–Crippen LogP) is -0.505. The van der Waals surface area contributed by atoms with E-state index in [2.05, 4.69) is 29.2 Å². The Balaban J connectivity index is 3.91. The molecule has 0 radical (unpaired) electrons. The lowest BCUT2D eigenvalue weighted by Crippen LogP contribution is -2.39. The summed E-state index contributed by atoms with van der Waals surface area (Å²) in [5.74, 6) is 5.39. The van der Waals surface area contributed by atoms with Crippen LogP contribution in [0.25, 0.3) is 0 Å². The quantitative estimate of drug-likeness (QED) is 0.234. The van der Waals surface area contributed by atoms with Crippen LogP contribution in [0.5, 0.6) is 0 Å². The lowest BCUT2D eigenvalue weighted by Gasteiger charge is -2.20. The zero-order valence-electron chi connectivity index (χ0n) is 8.75. The monoisotopic (exact) mass is 187 g/mol. The van der Waals surface area contributed by atoms with E-state index in [1.54, 1.807) is 0 Å². The first-order valence-corrected chi connectivity index (χ1v) is 4.66. The molecular formula is C8H21N5. The third-order valence-corrected chi connectivity index (χ3v) is 1.92. The van der Waals surface area contributed by atoms with Gasteiger partial charge in [-0.1, -0.05) is 13.8 Å². The summed E-state index contributed by atoms with van der Waals surface area (Å²) < 4.78 is 0. The van der Waals surface area contributed by atoms with E-state index in [1.165, 1.54) is 0 Å². The van der Waals surface area contributed by atoms with Gasteiger partial charge >= 0.3 is 0 Å². The van der Waals surface area contributed by atoms with Gasteiger partial charge in [-0.15, -0.1) is 0 Å². The van der Waals surface area contributed by atoms with Crippen LogP contribution >= 0.6 is 0 Å². The fourth-order valence-corrected chi connectivity index (χ4v) is 1.17. The molecule has 0 fully saturated rings. The van der Waals surface area contributed by atoms with E-state index < -0.39 is 0 Å². The highest BCUT2D eigenvalue weighted by Gasteiger charge is 2.05. The number of hydrazine groups is 1. The van der Waals surface area contributed by atoms with Crippen LogP contribution in [0, 0.1) is 0 Å². The molecule has 78 valence electrons. The highest BCUT2D eigenvalue weighted by Crippen LogP contribution is 1.95. The summed E-state index contributed by atoms with van der Waals surface area (Å²) in [6, 6.07) is 0.177. The maximum Gasteiger partial charge on any atom is 0.203 e. The zero-order chi connectivity index (χ0) is 10.3.